The van der Waals surface area contributed by atoms with E-state index in [4.69, 9.17) is 4.74 Å². The molecule has 4 nitrogen and oxygen atoms in total. The van der Waals surface area contributed by atoms with Gasteiger partial charge in [-0.3, -0.25) is 4.79 Å². The molecule has 1 fully saturated rings. The molecule has 0 atom stereocenters. The molecule has 1 aliphatic rings. The fourth-order valence-electron chi connectivity index (χ4n) is 2.22. The molecular formula is C15H19NO3. The zero-order valence-electron chi connectivity index (χ0n) is 11.4. The van der Waals surface area contributed by atoms with Crippen LogP contribution in [-0.2, 0) is 9.53 Å². The number of carbonyl (C=O) groups excluding carboxylic acids is 2. The van der Waals surface area contributed by atoms with E-state index < -0.39 is 5.97 Å². The molecule has 2 rings (SSSR count). The summed E-state index contributed by atoms with van der Waals surface area (Å²) in [6.45, 7) is 5.18. The number of hydrogen-bond donors (Lipinski definition) is 0. The number of carbonyl (C=O) groups is 2. The maximum Gasteiger partial charge on any atom is 0.338 e. The molecular weight excluding hydrogens is 242 g/mol. The molecule has 1 aliphatic heterocycles. The Morgan fingerprint density at radius 3 is 2.58 bits per heavy atom. The van der Waals surface area contributed by atoms with Crippen LogP contribution in [0.2, 0.25) is 0 Å². The molecule has 1 aromatic carbocycles. The molecule has 0 N–H and O–H groups in total. The minimum atomic E-state index is -0.422. The van der Waals surface area contributed by atoms with Gasteiger partial charge in [-0.05, 0) is 38.3 Å². The van der Waals surface area contributed by atoms with Crippen LogP contribution in [0.25, 0.3) is 0 Å². The lowest BCUT2D eigenvalue weighted by atomic mass is 10.1. The van der Waals surface area contributed by atoms with Crippen LogP contribution in [0.15, 0.2) is 18.2 Å². The van der Waals surface area contributed by atoms with Crippen LogP contribution >= 0.6 is 0 Å². The first kappa shape index (κ1) is 13.6. The second-order valence-corrected chi connectivity index (χ2v) is 4.98. The normalized spacial score (nSPS) is 14.5. The zero-order valence-corrected chi connectivity index (χ0v) is 11.4. The van der Waals surface area contributed by atoms with Gasteiger partial charge in [-0.2, -0.15) is 0 Å². The summed E-state index contributed by atoms with van der Waals surface area (Å²) in [5.74, 6) is -0.523. The third-order valence-corrected chi connectivity index (χ3v) is 3.40. The fourth-order valence-corrected chi connectivity index (χ4v) is 2.22. The number of ether oxygens (including phenoxy) is 1. The summed E-state index contributed by atoms with van der Waals surface area (Å²) in [5.41, 5.74) is 2.40. The van der Waals surface area contributed by atoms with E-state index in [1.807, 2.05) is 26.0 Å². The molecule has 0 spiro atoms. The largest absolute Gasteiger partial charge is 0.452 e. The molecule has 1 amide bonds. The van der Waals surface area contributed by atoms with Crippen LogP contribution < -0.4 is 0 Å². The van der Waals surface area contributed by atoms with Crippen molar-refractivity contribution in [2.24, 2.45) is 0 Å². The molecule has 19 heavy (non-hydrogen) atoms. The van der Waals surface area contributed by atoms with Crippen molar-refractivity contribution in [2.75, 3.05) is 19.7 Å². The highest BCUT2D eigenvalue weighted by molar-refractivity contribution is 5.92. The van der Waals surface area contributed by atoms with Crippen molar-refractivity contribution in [3.05, 3.63) is 34.9 Å². The first-order valence-electron chi connectivity index (χ1n) is 6.60. The van der Waals surface area contributed by atoms with Crippen LogP contribution in [0.5, 0.6) is 0 Å². The van der Waals surface area contributed by atoms with Crippen LogP contribution in [0.1, 0.15) is 34.3 Å². The van der Waals surface area contributed by atoms with Gasteiger partial charge in [-0.25, -0.2) is 4.79 Å². The number of hydrogen-bond acceptors (Lipinski definition) is 3. The number of likely N-dealkylation sites (tertiary alicyclic amines) is 1. The zero-order chi connectivity index (χ0) is 13.8. The van der Waals surface area contributed by atoms with E-state index in [1.165, 1.54) is 0 Å². The topological polar surface area (TPSA) is 46.6 Å². The van der Waals surface area contributed by atoms with Gasteiger partial charge in [0.1, 0.15) is 0 Å². The van der Waals surface area contributed by atoms with E-state index in [0.29, 0.717) is 5.56 Å². The van der Waals surface area contributed by atoms with Crippen LogP contribution in [-0.4, -0.2) is 36.5 Å². The quantitative estimate of drug-likeness (QED) is 0.783. The van der Waals surface area contributed by atoms with Crippen molar-refractivity contribution < 1.29 is 14.3 Å². The van der Waals surface area contributed by atoms with Crippen molar-refractivity contribution in [1.82, 2.24) is 4.90 Å². The number of aryl methyl sites for hydroxylation is 2. The van der Waals surface area contributed by atoms with Crippen molar-refractivity contribution in [1.29, 1.82) is 0 Å². The fraction of sp³-hybridized carbons (Fsp3) is 0.467. The highest BCUT2D eigenvalue weighted by Crippen LogP contribution is 2.12. The van der Waals surface area contributed by atoms with Gasteiger partial charge in [0.15, 0.2) is 6.61 Å². The molecule has 1 heterocycles. The summed E-state index contributed by atoms with van der Waals surface area (Å²) in [7, 11) is 0. The third kappa shape index (κ3) is 3.34. The van der Waals surface area contributed by atoms with E-state index in [1.54, 1.807) is 11.0 Å². The highest BCUT2D eigenvalue weighted by Gasteiger charge is 2.20. The number of rotatable bonds is 3. The lowest BCUT2D eigenvalue weighted by Crippen LogP contribution is -2.32. The van der Waals surface area contributed by atoms with Gasteiger partial charge in [0, 0.05) is 13.1 Å². The maximum absolute atomic E-state index is 11.9. The summed E-state index contributed by atoms with van der Waals surface area (Å²) < 4.78 is 5.11. The van der Waals surface area contributed by atoms with Gasteiger partial charge < -0.3 is 9.64 Å². The van der Waals surface area contributed by atoms with Gasteiger partial charge in [-0.15, -0.1) is 0 Å². The highest BCUT2D eigenvalue weighted by atomic mass is 16.5. The van der Waals surface area contributed by atoms with Gasteiger partial charge in [0.2, 0.25) is 0 Å². The smallest absolute Gasteiger partial charge is 0.338 e. The van der Waals surface area contributed by atoms with Crippen molar-refractivity contribution in [3.63, 3.8) is 0 Å². The Hall–Kier alpha value is -1.84. The van der Waals surface area contributed by atoms with Crippen molar-refractivity contribution >= 4 is 11.9 Å². The molecule has 0 radical (unpaired) electrons. The Labute approximate surface area is 113 Å². The summed E-state index contributed by atoms with van der Waals surface area (Å²) in [5, 5.41) is 0. The second-order valence-electron chi connectivity index (χ2n) is 4.98. The molecule has 4 heteroatoms. The summed E-state index contributed by atoms with van der Waals surface area (Å²) in [6, 6.07) is 5.62. The number of esters is 1. The Kier molecular flexibility index (Phi) is 4.20. The van der Waals surface area contributed by atoms with Crippen molar-refractivity contribution in [2.45, 2.75) is 26.7 Å². The molecule has 0 aromatic heterocycles. The van der Waals surface area contributed by atoms with Gasteiger partial charge in [0.25, 0.3) is 5.91 Å². The molecule has 0 bridgehead atoms. The Balaban J connectivity index is 1.93. The molecule has 0 unspecified atom stereocenters. The van der Waals surface area contributed by atoms with Crippen molar-refractivity contribution in [3.8, 4) is 0 Å². The predicted molar refractivity (Wildman–Crippen MR) is 72.0 cm³/mol. The Morgan fingerprint density at radius 2 is 1.89 bits per heavy atom. The van der Waals surface area contributed by atoms with Crippen LogP contribution in [0.4, 0.5) is 0 Å². The average Bonchev–Trinajstić information content (AvgIpc) is 2.92. The third-order valence-electron chi connectivity index (χ3n) is 3.40. The summed E-state index contributed by atoms with van der Waals surface area (Å²) in [4.78, 5) is 25.5. The predicted octanol–water partition coefficient (Wildman–Crippen LogP) is 2.08. The monoisotopic (exact) mass is 261 g/mol. The molecule has 0 aliphatic carbocycles. The van der Waals surface area contributed by atoms with Gasteiger partial charge >= 0.3 is 5.97 Å². The lowest BCUT2D eigenvalue weighted by Gasteiger charge is -2.15. The van der Waals surface area contributed by atoms with Crippen LogP contribution in [0, 0.1) is 13.8 Å². The number of amides is 1. The van der Waals surface area contributed by atoms with Crippen LogP contribution in [0.3, 0.4) is 0 Å². The maximum atomic E-state index is 11.9. The molecule has 1 saturated heterocycles. The molecule has 102 valence electrons. The molecule has 1 aromatic rings. The average molecular weight is 261 g/mol. The second kappa shape index (κ2) is 5.87. The van der Waals surface area contributed by atoms with Gasteiger partial charge in [-0.1, -0.05) is 17.7 Å². The molecule has 0 saturated carbocycles. The van der Waals surface area contributed by atoms with E-state index >= 15 is 0 Å². The van der Waals surface area contributed by atoms with E-state index in [9.17, 15) is 9.59 Å². The summed E-state index contributed by atoms with van der Waals surface area (Å²) in [6.07, 6.45) is 2.08. The van der Waals surface area contributed by atoms with E-state index in [0.717, 1.165) is 37.1 Å². The SMILES string of the molecule is Cc1ccc(C)c(C(=O)OCC(=O)N2CCCC2)c1. The van der Waals surface area contributed by atoms with E-state index in [2.05, 4.69) is 0 Å². The van der Waals surface area contributed by atoms with E-state index in [-0.39, 0.29) is 12.5 Å². The Morgan fingerprint density at radius 1 is 1.21 bits per heavy atom. The number of nitrogens with zero attached hydrogens (tertiary/aromatic N) is 1. The van der Waals surface area contributed by atoms with Gasteiger partial charge in [0.05, 0.1) is 5.56 Å². The first-order chi connectivity index (χ1) is 9.08. The Bertz CT molecular complexity index is 490. The number of benzene rings is 1. The standard InChI is InChI=1S/C15H19NO3/c1-11-5-6-12(2)13(9-11)15(18)19-10-14(17)16-7-3-4-8-16/h5-6,9H,3-4,7-8,10H2,1-2H3. The minimum Gasteiger partial charge on any atom is -0.452 e. The lowest BCUT2D eigenvalue weighted by molar-refractivity contribution is -0.133. The minimum absolute atomic E-state index is 0.101. The summed E-state index contributed by atoms with van der Waals surface area (Å²) >= 11 is 0. The first-order valence-corrected chi connectivity index (χ1v) is 6.60.